The van der Waals surface area contributed by atoms with Gasteiger partial charge >= 0.3 is 0 Å². The normalized spacial score (nSPS) is 11.9. The van der Waals surface area contributed by atoms with Crippen molar-refractivity contribution in [3.05, 3.63) is 29.6 Å². The van der Waals surface area contributed by atoms with Crippen molar-refractivity contribution < 1.29 is 14.2 Å². The number of rotatable bonds is 7. The SMILES string of the molecule is CCOc1ccc(CCN(C)C(C)(C)CO)cc1F. The summed E-state index contributed by atoms with van der Waals surface area (Å²) in [5.74, 6) is -0.0151. The maximum atomic E-state index is 13.7. The second kappa shape index (κ2) is 6.87. The van der Waals surface area contributed by atoms with Crippen molar-refractivity contribution in [1.29, 1.82) is 0 Å². The maximum Gasteiger partial charge on any atom is 0.165 e. The Bertz CT molecular complexity index is 407. The average molecular weight is 269 g/mol. The van der Waals surface area contributed by atoms with E-state index in [1.54, 1.807) is 6.07 Å². The zero-order valence-corrected chi connectivity index (χ0v) is 12.2. The van der Waals surface area contributed by atoms with E-state index < -0.39 is 0 Å². The topological polar surface area (TPSA) is 32.7 Å². The highest BCUT2D eigenvalue weighted by Gasteiger charge is 2.21. The summed E-state index contributed by atoms with van der Waals surface area (Å²) in [6, 6.07) is 5.07. The molecule has 0 saturated heterocycles. The van der Waals surface area contributed by atoms with Gasteiger partial charge in [-0.05, 0) is 51.9 Å². The van der Waals surface area contributed by atoms with Crippen LogP contribution in [-0.2, 0) is 6.42 Å². The minimum absolute atomic E-state index is 0.0984. The van der Waals surface area contributed by atoms with Gasteiger partial charge in [0.1, 0.15) is 0 Å². The number of halogens is 1. The Morgan fingerprint density at radius 1 is 1.37 bits per heavy atom. The van der Waals surface area contributed by atoms with Crippen LogP contribution in [0.3, 0.4) is 0 Å². The molecule has 0 fully saturated rings. The summed E-state index contributed by atoms with van der Waals surface area (Å²) in [7, 11) is 1.96. The molecule has 1 N–H and O–H groups in total. The lowest BCUT2D eigenvalue weighted by Crippen LogP contribution is -2.45. The molecular formula is C15H24FNO2. The van der Waals surface area contributed by atoms with Gasteiger partial charge in [-0.2, -0.15) is 0 Å². The molecule has 0 radical (unpaired) electrons. The van der Waals surface area contributed by atoms with Gasteiger partial charge in [0, 0.05) is 12.1 Å². The summed E-state index contributed by atoms with van der Waals surface area (Å²) in [4.78, 5) is 2.07. The molecule has 0 heterocycles. The van der Waals surface area contributed by atoms with Crippen LogP contribution in [-0.4, -0.2) is 42.4 Å². The standard InChI is InChI=1S/C15H24FNO2/c1-5-19-14-7-6-12(10-13(14)16)8-9-17(4)15(2,3)11-18/h6-7,10,18H,5,8-9,11H2,1-4H3. The maximum absolute atomic E-state index is 13.7. The van der Waals surface area contributed by atoms with Crippen LogP contribution in [0.25, 0.3) is 0 Å². The van der Waals surface area contributed by atoms with E-state index in [2.05, 4.69) is 4.90 Å². The smallest absolute Gasteiger partial charge is 0.165 e. The fraction of sp³-hybridized carbons (Fsp3) is 0.600. The summed E-state index contributed by atoms with van der Waals surface area (Å²) < 4.78 is 18.9. The Morgan fingerprint density at radius 2 is 2.05 bits per heavy atom. The van der Waals surface area contributed by atoms with Crippen LogP contribution >= 0.6 is 0 Å². The van der Waals surface area contributed by atoms with Crippen LogP contribution in [0.4, 0.5) is 4.39 Å². The summed E-state index contributed by atoms with van der Waals surface area (Å²) in [5.41, 5.74) is 0.672. The largest absolute Gasteiger partial charge is 0.491 e. The molecule has 19 heavy (non-hydrogen) atoms. The Kier molecular flexibility index (Phi) is 5.76. The summed E-state index contributed by atoms with van der Waals surface area (Å²) >= 11 is 0. The van der Waals surface area contributed by atoms with Crippen LogP contribution in [0, 0.1) is 5.82 Å². The molecule has 0 bridgehead atoms. The van der Waals surface area contributed by atoms with Gasteiger partial charge in [-0.3, -0.25) is 4.90 Å². The van der Waals surface area contributed by atoms with Gasteiger partial charge in [-0.1, -0.05) is 6.07 Å². The van der Waals surface area contributed by atoms with Gasteiger partial charge in [0.05, 0.1) is 13.2 Å². The molecule has 1 aromatic rings. The van der Waals surface area contributed by atoms with Gasteiger partial charge in [-0.15, -0.1) is 0 Å². The van der Waals surface area contributed by atoms with Gasteiger partial charge in [0.25, 0.3) is 0 Å². The fourth-order valence-electron chi connectivity index (χ4n) is 1.69. The van der Waals surface area contributed by atoms with Gasteiger partial charge in [0.15, 0.2) is 11.6 Å². The summed E-state index contributed by atoms with van der Waals surface area (Å²) in [5, 5.41) is 9.28. The highest BCUT2D eigenvalue weighted by Crippen LogP contribution is 2.19. The van der Waals surface area contributed by atoms with E-state index in [0.717, 1.165) is 18.5 Å². The predicted molar refractivity (Wildman–Crippen MR) is 75.1 cm³/mol. The fourth-order valence-corrected chi connectivity index (χ4v) is 1.69. The van der Waals surface area contributed by atoms with Gasteiger partial charge in [-0.25, -0.2) is 4.39 Å². The molecule has 0 amide bonds. The first-order valence-electron chi connectivity index (χ1n) is 6.64. The average Bonchev–Trinajstić information content (AvgIpc) is 2.39. The zero-order chi connectivity index (χ0) is 14.5. The first-order chi connectivity index (χ1) is 8.90. The van der Waals surface area contributed by atoms with E-state index in [9.17, 15) is 9.50 Å². The molecule has 0 atom stereocenters. The van der Waals surface area contributed by atoms with E-state index >= 15 is 0 Å². The molecule has 1 aromatic carbocycles. The molecule has 108 valence electrons. The number of hydrogen-bond acceptors (Lipinski definition) is 3. The lowest BCUT2D eigenvalue weighted by atomic mass is 10.0. The summed E-state index contributed by atoms with van der Waals surface area (Å²) in [6.07, 6.45) is 0.739. The highest BCUT2D eigenvalue weighted by molar-refractivity contribution is 5.29. The van der Waals surface area contributed by atoms with Gasteiger partial charge < -0.3 is 9.84 Å². The molecule has 4 heteroatoms. The first kappa shape index (κ1) is 15.9. The zero-order valence-electron chi connectivity index (χ0n) is 12.2. The number of aliphatic hydroxyl groups excluding tert-OH is 1. The van der Waals surface area contributed by atoms with Crippen molar-refractivity contribution in [2.24, 2.45) is 0 Å². The Balaban J connectivity index is 2.61. The predicted octanol–water partition coefficient (Wildman–Crippen LogP) is 2.47. The molecule has 1 rings (SSSR count). The molecule has 0 aliphatic rings. The van der Waals surface area contributed by atoms with Crippen LogP contribution in [0.2, 0.25) is 0 Å². The third-order valence-corrected chi connectivity index (χ3v) is 3.45. The van der Waals surface area contributed by atoms with E-state index in [-0.39, 0.29) is 18.0 Å². The summed E-state index contributed by atoms with van der Waals surface area (Å²) in [6.45, 7) is 7.11. The van der Waals surface area contributed by atoms with Crippen LogP contribution < -0.4 is 4.74 Å². The molecule has 0 aliphatic heterocycles. The molecule has 0 unspecified atom stereocenters. The number of likely N-dealkylation sites (N-methyl/N-ethyl adjacent to an activating group) is 1. The van der Waals surface area contributed by atoms with Crippen molar-refractivity contribution in [1.82, 2.24) is 4.90 Å². The first-order valence-corrected chi connectivity index (χ1v) is 6.64. The van der Waals surface area contributed by atoms with Crippen molar-refractivity contribution in [3.63, 3.8) is 0 Å². The van der Waals surface area contributed by atoms with E-state index in [1.807, 2.05) is 33.9 Å². The van der Waals surface area contributed by atoms with Crippen LogP contribution in [0.5, 0.6) is 5.75 Å². The van der Waals surface area contributed by atoms with Crippen LogP contribution in [0.1, 0.15) is 26.3 Å². The minimum Gasteiger partial charge on any atom is -0.491 e. The number of ether oxygens (including phenoxy) is 1. The minimum atomic E-state index is -0.316. The van der Waals surface area contributed by atoms with E-state index in [1.165, 1.54) is 6.07 Å². The highest BCUT2D eigenvalue weighted by atomic mass is 19.1. The Labute approximate surface area is 115 Å². The molecule has 0 aliphatic carbocycles. The second-order valence-electron chi connectivity index (χ2n) is 5.34. The number of aliphatic hydroxyl groups is 1. The van der Waals surface area contributed by atoms with Crippen LogP contribution in [0.15, 0.2) is 18.2 Å². The number of nitrogens with zero attached hydrogens (tertiary/aromatic N) is 1. The van der Waals surface area contributed by atoms with Crippen molar-refractivity contribution in [3.8, 4) is 5.75 Å². The third-order valence-electron chi connectivity index (χ3n) is 3.45. The van der Waals surface area contributed by atoms with Crippen molar-refractivity contribution in [2.45, 2.75) is 32.7 Å². The van der Waals surface area contributed by atoms with Crippen molar-refractivity contribution in [2.75, 3.05) is 26.8 Å². The lowest BCUT2D eigenvalue weighted by molar-refractivity contribution is 0.0800. The molecule has 0 spiro atoms. The Hall–Kier alpha value is -1.13. The monoisotopic (exact) mass is 269 g/mol. The molecule has 3 nitrogen and oxygen atoms in total. The van der Waals surface area contributed by atoms with Gasteiger partial charge in [0.2, 0.25) is 0 Å². The van der Waals surface area contributed by atoms with Crippen molar-refractivity contribution >= 4 is 0 Å². The third kappa shape index (κ3) is 4.48. The molecule has 0 saturated carbocycles. The number of hydrogen-bond donors (Lipinski definition) is 1. The molecule has 0 aromatic heterocycles. The Morgan fingerprint density at radius 3 is 2.58 bits per heavy atom. The van der Waals surface area contributed by atoms with E-state index in [4.69, 9.17) is 4.74 Å². The van der Waals surface area contributed by atoms with E-state index in [0.29, 0.717) is 12.4 Å². The quantitative estimate of drug-likeness (QED) is 0.825. The second-order valence-corrected chi connectivity index (χ2v) is 5.34. The number of benzene rings is 1. The lowest BCUT2D eigenvalue weighted by Gasteiger charge is -2.33. The molecular weight excluding hydrogens is 245 g/mol.